The summed E-state index contributed by atoms with van der Waals surface area (Å²) < 4.78 is 65.4. The standard InChI is InChI=1S/C21H22N4O4S2.C2HF3O2/c1-29-15-4-2-13-3-6-17(11-14(13)10-15)31(27,28)24-18-8-9-25(21(18)26)12-16-5-7-19(30-16)20(22)23;3-2(4,5)1(6)7/h2-7,10-11,18,24H,8-9,12H2,1H3,(H3,22,23);(H,6,7)/t18-;/m0./s1. The number of alkyl halides is 3. The number of amides is 1. The van der Waals surface area contributed by atoms with E-state index in [1.807, 2.05) is 18.2 Å². The molecule has 1 amide bonds. The molecule has 10 nitrogen and oxygen atoms in total. The maximum absolute atomic E-state index is 12.9. The van der Waals surface area contributed by atoms with E-state index in [-0.39, 0.29) is 16.6 Å². The predicted octanol–water partition coefficient (Wildman–Crippen LogP) is 2.91. The number of ether oxygens (including phenoxy) is 1. The number of sulfonamides is 1. The third kappa shape index (κ3) is 6.99. The smallest absolute Gasteiger partial charge is 0.490 e. The molecule has 5 N–H and O–H groups in total. The highest BCUT2D eigenvalue weighted by molar-refractivity contribution is 7.89. The van der Waals surface area contributed by atoms with Crippen LogP contribution in [0.15, 0.2) is 53.4 Å². The van der Waals surface area contributed by atoms with Crippen LogP contribution in [-0.4, -0.2) is 62.0 Å². The van der Waals surface area contributed by atoms with E-state index in [0.29, 0.717) is 30.1 Å². The van der Waals surface area contributed by atoms with Gasteiger partial charge in [-0.1, -0.05) is 12.1 Å². The highest BCUT2D eigenvalue weighted by Gasteiger charge is 2.38. The Morgan fingerprint density at radius 3 is 2.45 bits per heavy atom. The molecule has 0 bridgehead atoms. The van der Waals surface area contributed by atoms with Crippen molar-refractivity contribution in [3.63, 3.8) is 0 Å². The summed E-state index contributed by atoms with van der Waals surface area (Å²) in [7, 11) is -2.32. The summed E-state index contributed by atoms with van der Waals surface area (Å²) in [5.41, 5.74) is 5.49. The summed E-state index contributed by atoms with van der Waals surface area (Å²) in [5, 5.41) is 16.2. The van der Waals surface area contributed by atoms with Gasteiger partial charge in [0.1, 0.15) is 17.6 Å². The van der Waals surface area contributed by atoms with Crippen LogP contribution in [-0.2, 0) is 26.2 Å². The first-order chi connectivity index (χ1) is 17.7. The quantitative estimate of drug-likeness (QED) is 0.250. The number of carbonyl (C=O) groups excluding carboxylic acids is 1. The van der Waals surface area contributed by atoms with Crippen molar-refractivity contribution < 1.29 is 41.0 Å². The summed E-state index contributed by atoms with van der Waals surface area (Å²) in [6, 6.07) is 13.1. The van der Waals surface area contributed by atoms with Crippen molar-refractivity contribution in [3.8, 4) is 5.75 Å². The maximum atomic E-state index is 12.9. The van der Waals surface area contributed by atoms with Gasteiger partial charge in [0, 0.05) is 11.4 Å². The van der Waals surface area contributed by atoms with Crippen molar-refractivity contribution in [1.29, 1.82) is 5.41 Å². The molecular formula is C23H23F3N4O6S2. The lowest BCUT2D eigenvalue weighted by Gasteiger charge is -2.16. The van der Waals surface area contributed by atoms with E-state index in [1.54, 1.807) is 36.3 Å². The van der Waals surface area contributed by atoms with Gasteiger partial charge < -0.3 is 20.5 Å². The first kappa shape index (κ1) is 28.9. The molecular weight excluding hydrogens is 549 g/mol. The molecule has 1 atom stereocenters. The third-order valence-electron chi connectivity index (χ3n) is 5.44. The number of hydrogen-bond donors (Lipinski definition) is 4. The zero-order chi connectivity index (χ0) is 28.3. The van der Waals surface area contributed by atoms with Crippen molar-refractivity contribution in [2.45, 2.75) is 30.1 Å². The lowest BCUT2D eigenvalue weighted by atomic mass is 10.1. The number of nitrogens with zero attached hydrogens (tertiary/aromatic N) is 1. The van der Waals surface area contributed by atoms with Crippen LogP contribution in [0.2, 0.25) is 0 Å². The van der Waals surface area contributed by atoms with Gasteiger partial charge in [0.25, 0.3) is 0 Å². The Morgan fingerprint density at radius 2 is 1.87 bits per heavy atom. The molecule has 3 aromatic rings. The van der Waals surface area contributed by atoms with Crippen molar-refractivity contribution in [3.05, 3.63) is 58.3 Å². The van der Waals surface area contributed by atoms with E-state index < -0.39 is 28.2 Å². The van der Waals surface area contributed by atoms with Gasteiger partial charge in [-0.15, -0.1) is 11.3 Å². The number of rotatable bonds is 7. The third-order valence-corrected chi connectivity index (χ3v) is 8.01. The molecule has 1 aliphatic rings. The van der Waals surface area contributed by atoms with Crippen LogP contribution in [0, 0.1) is 5.41 Å². The SMILES string of the molecule is COc1ccc2ccc(S(=O)(=O)N[C@H]3CCN(Cc4ccc(C(=N)N)s4)C3=O)cc2c1.O=C(O)C(F)(F)F. The Labute approximate surface area is 219 Å². The minimum Gasteiger partial charge on any atom is -0.497 e. The summed E-state index contributed by atoms with van der Waals surface area (Å²) in [6.07, 6.45) is -4.69. The number of nitrogens with one attached hydrogen (secondary N) is 2. The number of fused-ring (bicyclic) bond motifs is 1. The molecule has 0 aliphatic carbocycles. The molecule has 0 unspecified atom stereocenters. The highest BCUT2D eigenvalue weighted by Crippen LogP contribution is 2.25. The highest BCUT2D eigenvalue weighted by atomic mass is 32.2. The molecule has 0 radical (unpaired) electrons. The van der Waals surface area contributed by atoms with Gasteiger partial charge in [-0.05, 0) is 53.6 Å². The Balaban J connectivity index is 0.000000505. The second-order valence-corrected chi connectivity index (χ2v) is 11.0. The number of nitrogen functional groups attached to an aromatic ring is 1. The first-order valence-corrected chi connectivity index (χ1v) is 13.1. The van der Waals surface area contributed by atoms with Crippen molar-refractivity contribution in [2.75, 3.05) is 13.7 Å². The summed E-state index contributed by atoms with van der Waals surface area (Å²) in [5.74, 6) is -2.39. The summed E-state index contributed by atoms with van der Waals surface area (Å²) in [4.78, 5) is 24.9. The van der Waals surface area contributed by atoms with Crippen molar-refractivity contribution in [2.24, 2.45) is 5.73 Å². The van der Waals surface area contributed by atoms with Crippen LogP contribution in [0.1, 0.15) is 16.2 Å². The molecule has 204 valence electrons. The Hall–Kier alpha value is -3.69. The van der Waals surface area contributed by atoms with Gasteiger partial charge in [-0.3, -0.25) is 10.2 Å². The average Bonchev–Trinajstić information content (AvgIpc) is 3.45. The van der Waals surface area contributed by atoms with E-state index >= 15 is 0 Å². The van der Waals surface area contributed by atoms with Gasteiger partial charge >= 0.3 is 12.1 Å². The number of thiophene rings is 1. The van der Waals surface area contributed by atoms with Crippen LogP contribution in [0.4, 0.5) is 13.2 Å². The number of aliphatic carboxylic acids is 1. The number of halogens is 3. The number of carbonyl (C=O) groups is 2. The normalized spacial score (nSPS) is 15.7. The molecule has 38 heavy (non-hydrogen) atoms. The zero-order valence-corrected chi connectivity index (χ0v) is 21.4. The molecule has 4 rings (SSSR count). The molecule has 0 spiro atoms. The first-order valence-electron chi connectivity index (χ1n) is 10.8. The topological polar surface area (TPSA) is 163 Å². The van der Waals surface area contributed by atoms with Gasteiger partial charge in [-0.2, -0.15) is 17.9 Å². The molecule has 1 aliphatic heterocycles. The van der Waals surface area contributed by atoms with Crippen molar-refractivity contribution >= 4 is 49.8 Å². The second kappa shape index (κ2) is 11.4. The minimum absolute atomic E-state index is 0.0114. The molecule has 1 aromatic heterocycles. The number of carboxylic acids is 1. The molecule has 0 saturated carbocycles. The maximum Gasteiger partial charge on any atom is 0.490 e. The van der Waals surface area contributed by atoms with Crippen LogP contribution in [0.25, 0.3) is 10.8 Å². The van der Waals surface area contributed by atoms with Crippen molar-refractivity contribution in [1.82, 2.24) is 9.62 Å². The lowest BCUT2D eigenvalue weighted by molar-refractivity contribution is -0.192. The predicted molar refractivity (Wildman–Crippen MR) is 134 cm³/mol. The van der Waals surface area contributed by atoms with E-state index in [0.717, 1.165) is 15.6 Å². The number of hydrogen-bond acceptors (Lipinski definition) is 7. The summed E-state index contributed by atoms with van der Waals surface area (Å²) >= 11 is 1.35. The van der Waals surface area contributed by atoms with Crippen LogP contribution in [0.5, 0.6) is 5.75 Å². The fraction of sp³-hybridized carbons (Fsp3) is 0.261. The fourth-order valence-electron chi connectivity index (χ4n) is 3.55. The van der Waals surface area contributed by atoms with E-state index in [9.17, 15) is 26.4 Å². The van der Waals surface area contributed by atoms with E-state index in [1.165, 1.54) is 17.4 Å². The number of benzene rings is 2. The van der Waals surface area contributed by atoms with Gasteiger partial charge in [0.05, 0.1) is 23.4 Å². The van der Waals surface area contributed by atoms with Gasteiger partial charge in [0.2, 0.25) is 15.9 Å². The van der Waals surface area contributed by atoms with E-state index in [2.05, 4.69) is 4.72 Å². The van der Waals surface area contributed by atoms with Crippen LogP contribution >= 0.6 is 11.3 Å². The summed E-state index contributed by atoms with van der Waals surface area (Å²) in [6.45, 7) is 0.818. The van der Waals surface area contributed by atoms with Crippen LogP contribution < -0.4 is 15.2 Å². The molecule has 1 fully saturated rings. The van der Waals surface area contributed by atoms with Gasteiger partial charge in [0.15, 0.2) is 0 Å². The molecule has 2 heterocycles. The monoisotopic (exact) mass is 572 g/mol. The lowest BCUT2D eigenvalue weighted by Crippen LogP contribution is -2.41. The molecule has 15 heteroatoms. The number of methoxy groups -OCH3 is 1. The number of carboxylic acid groups (broad SMARTS) is 1. The molecule has 1 saturated heterocycles. The molecule has 2 aromatic carbocycles. The largest absolute Gasteiger partial charge is 0.497 e. The zero-order valence-electron chi connectivity index (χ0n) is 19.8. The average molecular weight is 573 g/mol. The minimum atomic E-state index is -5.08. The number of nitrogens with two attached hydrogens (primary N) is 1. The fourth-order valence-corrected chi connectivity index (χ4v) is 5.70. The van der Waals surface area contributed by atoms with E-state index in [4.69, 9.17) is 25.8 Å². The Bertz CT molecular complexity index is 1470. The van der Waals surface area contributed by atoms with Crippen LogP contribution in [0.3, 0.4) is 0 Å². The Morgan fingerprint density at radius 1 is 1.21 bits per heavy atom. The second-order valence-electron chi connectivity index (χ2n) is 8.08. The van der Waals surface area contributed by atoms with Gasteiger partial charge in [-0.25, -0.2) is 13.2 Å². The number of amidine groups is 1. The number of likely N-dealkylation sites (tertiary alicyclic amines) is 1. The Kier molecular flexibility index (Phi) is 8.64.